The molecule has 1 amide bonds. The number of sulfonamides is 1. The van der Waals surface area contributed by atoms with E-state index in [0.717, 1.165) is 6.42 Å². The van der Waals surface area contributed by atoms with Gasteiger partial charge in [-0.25, -0.2) is 8.42 Å². The van der Waals surface area contributed by atoms with Gasteiger partial charge in [0.05, 0.1) is 4.90 Å². The molecule has 0 aliphatic carbocycles. The minimum absolute atomic E-state index is 0.116. The van der Waals surface area contributed by atoms with E-state index in [2.05, 4.69) is 34.5 Å². The lowest BCUT2D eigenvalue weighted by atomic mass is 9.94. The van der Waals surface area contributed by atoms with E-state index >= 15 is 0 Å². The summed E-state index contributed by atoms with van der Waals surface area (Å²) in [6.07, 6.45) is 1.02. The second-order valence-electron chi connectivity index (χ2n) is 7.70. The monoisotopic (exact) mass is 448 g/mol. The minimum atomic E-state index is -3.60. The molecule has 158 valence electrons. The highest BCUT2D eigenvalue weighted by Crippen LogP contribution is 2.26. The smallest absolute Gasteiger partial charge is 0.258 e. The molecule has 3 aromatic rings. The molecule has 0 radical (unpaired) electrons. The number of rotatable bonds is 4. The van der Waals surface area contributed by atoms with E-state index in [4.69, 9.17) is 11.6 Å². The average Bonchev–Trinajstić information content (AvgIpc) is 3.09. The van der Waals surface area contributed by atoms with E-state index in [1.165, 1.54) is 33.1 Å². The number of hydrogen-bond acceptors (Lipinski definition) is 6. The van der Waals surface area contributed by atoms with Crippen LogP contribution in [0.2, 0.25) is 5.15 Å². The normalized spacial score (nSPS) is 20.4. The fourth-order valence-corrected chi connectivity index (χ4v) is 5.57. The third-order valence-corrected chi connectivity index (χ3v) is 7.09. The highest BCUT2D eigenvalue weighted by atomic mass is 35.5. The van der Waals surface area contributed by atoms with Gasteiger partial charge in [-0.05, 0) is 54.7 Å². The molecule has 0 bridgehead atoms. The fraction of sp³-hybridized carbons (Fsp3) is 0.368. The Bertz CT molecular complexity index is 1180. The summed E-state index contributed by atoms with van der Waals surface area (Å²) in [5.41, 5.74) is 0.717. The maximum absolute atomic E-state index is 13.0. The standard InChI is InChI=1S/C19H21ClN6O3S/c1-12-9-13(2)11-25(10-12)30(28,29)15-5-3-14(4-6-15)18(27)21-19-23-22-17-8-7-16(20)24-26(17)19/h3-8,12-13H,9-11H2,1-2H3,(H,21,23,27)/t12-,13-/m0/s1. The maximum Gasteiger partial charge on any atom is 0.258 e. The molecule has 2 atom stereocenters. The van der Waals surface area contributed by atoms with Crippen LogP contribution in [-0.4, -0.2) is 51.5 Å². The SMILES string of the molecule is C[C@H]1C[C@H](C)CN(S(=O)(=O)c2ccc(C(=O)Nc3nnc4ccc(Cl)nn34)cc2)C1. The number of nitrogens with one attached hydrogen (secondary N) is 1. The van der Waals surface area contributed by atoms with Crippen LogP contribution in [0.3, 0.4) is 0 Å². The second-order valence-corrected chi connectivity index (χ2v) is 10.0. The van der Waals surface area contributed by atoms with Crippen molar-refractivity contribution in [2.24, 2.45) is 11.8 Å². The predicted octanol–water partition coefficient (Wildman–Crippen LogP) is 2.70. The van der Waals surface area contributed by atoms with Crippen molar-refractivity contribution in [2.75, 3.05) is 18.4 Å². The zero-order valence-electron chi connectivity index (χ0n) is 16.5. The van der Waals surface area contributed by atoms with E-state index in [0.29, 0.717) is 30.6 Å². The van der Waals surface area contributed by atoms with Gasteiger partial charge in [-0.15, -0.1) is 10.2 Å². The van der Waals surface area contributed by atoms with E-state index in [-0.39, 0.29) is 21.6 Å². The van der Waals surface area contributed by atoms with Crippen LogP contribution in [0, 0.1) is 11.8 Å². The first-order valence-corrected chi connectivity index (χ1v) is 11.4. The molecule has 30 heavy (non-hydrogen) atoms. The van der Waals surface area contributed by atoms with Gasteiger partial charge < -0.3 is 0 Å². The molecular formula is C19H21ClN6O3S. The van der Waals surface area contributed by atoms with Gasteiger partial charge in [-0.2, -0.15) is 13.9 Å². The first kappa shape index (κ1) is 20.7. The number of aromatic nitrogens is 4. The van der Waals surface area contributed by atoms with Crippen LogP contribution >= 0.6 is 11.6 Å². The molecule has 1 saturated heterocycles. The van der Waals surface area contributed by atoms with Gasteiger partial charge in [0.15, 0.2) is 5.65 Å². The number of amides is 1. The summed E-state index contributed by atoms with van der Waals surface area (Å²) in [5.74, 6) is 0.281. The topological polar surface area (TPSA) is 110 Å². The lowest BCUT2D eigenvalue weighted by molar-refractivity contribution is 0.102. The van der Waals surface area contributed by atoms with Crippen molar-refractivity contribution in [1.29, 1.82) is 0 Å². The Morgan fingerprint density at radius 2 is 1.73 bits per heavy atom. The Labute approximate surface area is 179 Å². The maximum atomic E-state index is 13.0. The van der Waals surface area contributed by atoms with Crippen LogP contribution < -0.4 is 5.32 Å². The molecule has 4 rings (SSSR count). The number of piperidine rings is 1. The second kappa shape index (κ2) is 7.93. The van der Waals surface area contributed by atoms with Gasteiger partial charge in [0.2, 0.25) is 10.0 Å². The summed E-state index contributed by atoms with van der Waals surface area (Å²) < 4.78 is 28.8. The number of anilines is 1. The Hall–Kier alpha value is -2.56. The molecule has 2 aromatic heterocycles. The number of benzene rings is 1. The van der Waals surface area contributed by atoms with Crippen LogP contribution in [0.5, 0.6) is 0 Å². The Kier molecular flexibility index (Phi) is 5.48. The fourth-order valence-electron chi connectivity index (χ4n) is 3.75. The molecule has 1 aromatic carbocycles. The summed E-state index contributed by atoms with van der Waals surface area (Å²) in [6.45, 7) is 5.12. The molecule has 1 N–H and O–H groups in total. The van der Waals surface area contributed by atoms with Crippen molar-refractivity contribution in [1.82, 2.24) is 24.1 Å². The zero-order valence-corrected chi connectivity index (χ0v) is 18.1. The number of nitrogens with zero attached hydrogens (tertiary/aromatic N) is 5. The van der Waals surface area contributed by atoms with Crippen LogP contribution in [-0.2, 0) is 10.0 Å². The van der Waals surface area contributed by atoms with Crippen LogP contribution in [0.25, 0.3) is 5.65 Å². The Balaban J connectivity index is 1.52. The van der Waals surface area contributed by atoms with Crippen LogP contribution in [0.1, 0.15) is 30.6 Å². The largest absolute Gasteiger partial charge is 0.289 e. The van der Waals surface area contributed by atoms with Gasteiger partial charge in [0.25, 0.3) is 11.9 Å². The number of hydrogen-bond donors (Lipinski definition) is 1. The summed E-state index contributed by atoms with van der Waals surface area (Å²) in [7, 11) is -3.60. The van der Waals surface area contributed by atoms with Crippen molar-refractivity contribution in [2.45, 2.75) is 25.2 Å². The van der Waals surface area contributed by atoms with Crippen molar-refractivity contribution < 1.29 is 13.2 Å². The molecule has 0 saturated carbocycles. The van der Waals surface area contributed by atoms with Crippen molar-refractivity contribution in [3.8, 4) is 0 Å². The third kappa shape index (κ3) is 4.03. The van der Waals surface area contributed by atoms with Gasteiger partial charge in [0.1, 0.15) is 5.15 Å². The summed E-state index contributed by atoms with van der Waals surface area (Å²) >= 11 is 5.88. The molecule has 9 nitrogen and oxygen atoms in total. The highest BCUT2D eigenvalue weighted by molar-refractivity contribution is 7.89. The molecule has 1 aliphatic heterocycles. The first-order valence-electron chi connectivity index (χ1n) is 9.53. The number of halogens is 1. The molecule has 11 heteroatoms. The van der Waals surface area contributed by atoms with Gasteiger partial charge in [-0.3, -0.25) is 10.1 Å². The van der Waals surface area contributed by atoms with E-state index in [9.17, 15) is 13.2 Å². The molecule has 3 heterocycles. The third-order valence-electron chi connectivity index (χ3n) is 5.05. The molecular weight excluding hydrogens is 428 g/mol. The molecule has 1 fully saturated rings. The van der Waals surface area contributed by atoms with Crippen LogP contribution in [0.4, 0.5) is 5.95 Å². The van der Waals surface area contributed by atoms with Crippen LogP contribution in [0.15, 0.2) is 41.3 Å². The van der Waals surface area contributed by atoms with Crippen molar-refractivity contribution >= 4 is 39.1 Å². The number of carbonyl (C=O) groups is 1. The van der Waals surface area contributed by atoms with Gasteiger partial charge in [-0.1, -0.05) is 25.4 Å². The van der Waals surface area contributed by atoms with Crippen molar-refractivity contribution in [3.63, 3.8) is 0 Å². The predicted molar refractivity (Wildman–Crippen MR) is 112 cm³/mol. The van der Waals surface area contributed by atoms with Crippen molar-refractivity contribution in [3.05, 3.63) is 47.1 Å². The zero-order chi connectivity index (χ0) is 21.5. The van der Waals surface area contributed by atoms with Gasteiger partial charge >= 0.3 is 0 Å². The molecule has 0 unspecified atom stereocenters. The number of fused-ring (bicyclic) bond motifs is 1. The highest BCUT2D eigenvalue weighted by Gasteiger charge is 2.31. The molecule has 1 aliphatic rings. The summed E-state index contributed by atoms with van der Waals surface area (Å²) in [5, 5.41) is 14.7. The average molecular weight is 449 g/mol. The Morgan fingerprint density at radius 1 is 1.07 bits per heavy atom. The Morgan fingerprint density at radius 3 is 2.40 bits per heavy atom. The van der Waals surface area contributed by atoms with E-state index in [1.54, 1.807) is 12.1 Å². The first-order chi connectivity index (χ1) is 14.2. The van der Waals surface area contributed by atoms with E-state index in [1.807, 2.05) is 0 Å². The lowest BCUT2D eigenvalue weighted by Crippen LogP contribution is -2.42. The lowest BCUT2D eigenvalue weighted by Gasteiger charge is -2.34. The van der Waals surface area contributed by atoms with Gasteiger partial charge in [0, 0.05) is 18.7 Å². The number of carbonyl (C=O) groups excluding carboxylic acids is 1. The summed E-state index contributed by atoms with van der Waals surface area (Å²) in [4.78, 5) is 12.7. The molecule has 0 spiro atoms. The minimum Gasteiger partial charge on any atom is -0.289 e. The summed E-state index contributed by atoms with van der Waals surface area (Å²) in [6, 6.07) is 9.04. The van der Waals surface area contributed by atoms with E-state index < -0.39 is 15.9 Å². The quantitative estimate of drug-likeness (QED) is 0.657.